The van der Waals surface area contributed by atoms with Crippen LogP contribution in [0, 0.1) is 13.8 Å². The Balaban J connectivity index is 1.76. The summed E-state index contributed by atoms with van der Waals surface area (Å²) in [5.41, 5.74) is 7.33. The van der Waals surface area contributed by atoms with Crippen LogP contribution in [0.3, 0.4) is 0 Å². The maximum atomic E-state index is 6.22. The van der Waals surface area contributed by atoms with Crippen molar-refractivity contribution in [1.82, 2.24) is 4.98 Å². The predicted molar refractivity (Wildman–Crippen MR) is 71.3 cm³/mol. The summed E-state index contributed by atoms with van der Waals surface area (Å²) >= 11 is 1.74. The molecule has 1 aromatic rings. The van der Waals surface area contributed by atoms with Crippen molar-refractivity contribution < 1.29 is 4.74 Å². The molecule has 2 atom stereocenters. The normalized spacial score (nSPS) is 21.9. The summed E-state index contributed by atoms with van der Waals surface area (Å²) in [5.74, 6) is 0. The van der Waals surface area contributed by atoms with Crippen LogP contribution >= 0.6 is 11.3 Å². The van der Waals surface area contributed by atoms with Crippen molar-refractivity contribution in [2.45, 2.75) is 58.1 Å². The van der Waals surface area contributed by atoms with Gasteiger partial charge in [-0.1, -0.05) is 0 Å². The first-order valence-corrected chi connectivity index (χ1v) is 7.29. The number of rotatable bonds is 5. The van der Waals surface area contributed by atoms with E-state index in [-0.39, 0.29) is 6.04 Å². The van der Waals surface area contributed by atoms with Crippen molar-refractivity contribution >= 4 is 11.3 Å². The number of hydrogen-bond donors (Lipinski definition) is 1. The summed E-state index contributed by atoms with van der Waals surface area (Å²) in [5, 5.41) is 1.12. The van der Waals surface area contributed by atoms with Gasteiger partial charge in [-0.25, -0.2) is 4.98 Å². The lowest BCUT2D eigenvalue weighted by atomic mass is 10.0. The van der Waals surface area contributed by atoms with Crippen LogP contribution in [0.2, 0.25) is 0 Å². The molecule has 1 saturated heterocycles. The third kappa shape index (κ3) is 3.50. The average molecular weight is 254 g/mol. The fourth-order valence-corrected chi connectivity index (χ4v) is 3.42. The summed E-state index contributed by atoms with van der Waals surface area (Å²) in [6, 6.07) is 0.155. The van der Waals surface area contributed by atoms with Gasteiger partial charge in [0.25, 0.3) is 0 Å². The minimum absolute atomic E-state index is 0.155. The molecule has 0 saturated carbocycles. The molecule has 2 N–H and O–H groups in total. The fraction of sp³-hybridized carbons (Fsp3) is 0.769. The first kappa shape index (κ1) is 13.0. The Morgan fingerprint density at radius 2 is 2.35 bits per heavy atom. The molecule has 0 amide bonds. The largest absolute Gasteiger partial charge is 0.378 e. The molecule has 0 aromatic carbocycles. The highest BCUT2D eigenvalue weighted by Gasteiger charge is 2.17. The molecule has 2 rings (SSSR count). The molecule has 0 spiro atoms. The second-order valence-electron chi connectivity index (χ2n) is 4.85. The minimum atomic E-state index is 0.155. The Bertz CT molecular complexity index is 358. The van der Waals surface area contributed by atoms with Gasteiger partial charge in [0.15, 0.2) is 0 Å². The summed E-state index contributed by atoms with van der Waals surface area (Å²) in [6.45, 7) is 5.04. The number of thiazole rings is 1. The second kappa shape index (κ2) is 5.94. The van der Waals surface area contributed by atoms with E-state index in [0.717, 1.165) is 36.6 Å². The molecule has 2 heterocycles. The number of ether oxygens (including phenoxy) is 1. The Hall–Kier alpha value is -0.450. The van der Waals surface area contributed by atoms with Crippen LogP contribution in [-0.2, 0) is 4.74 Å². The molecular formula is C13H22N2OS. The summed E-state index contributed by atoms with van der Waals surface area (Å²) in [6.07, 6.45) is 6.30. The quantitative estimate of drug-likeness (QED) is 0.878. The van der Waals surface area contributed by atoms with E-state index < -0.39 is 0 Å². The van der Waals surface area contributed by atoms with Gasteiger partial charge in [0.2, 0.25) is 0 Å². The molecule has 0 aliphatic carbocycles. The lowest BCUT2D eigenvalue weighted by Crippen LogP contribution is -2.12. The van der Waals surface area contributed by atoms with E-state index in [1.807, 2.05) is 6.92 Å². The monoisotopic (exact) mass is 254 g/mol. The fourth-order valence-electron chi connectivity index (χ4n) is 2.46. The molecular weight excluding hydrogens is 232 g/mol. The minimum Gasteiger partial charge on any atom is -0.378 e. The van der Waals surface area contributed by atoms with Crippen LogP contribution in [0.5, 0.6) is 0 Å². The van der Waals surface area contributed by atoms with E-state index in [1.165, 1.54) is 17.7 Å². The molecule has 1 aliphatic heterocycles. The van der Waals surface area contributed by atoms with Gasteiger partial charge < -0.3 is 10.5 Å². The first-order valence-electron chi connectivity index (χ1n) is 6.48. The van der Waals surface area contributed by atoms with Crippen molar-refractivity contribution in [3.05, 3.63) is 15.6 Å². The highest BCUT2D eigenvalue weighted by atomic mass is 32.1. The van der Waals surface area contributed by atoms with Crippen molar-refractivity contribution in [2.24, 2.45) is 5.73 Å². The lowest BCUT2D eigenvalue weighted by Gasteiger charge is -2.12. The third-order valence-electron chi connectivity index (χ3n) is 3.34. The van der Waals surface area contributed by atoms with Crippen molar-refractivity contribution in [1.29, 1.82) is 0 Å². The smallest absolute Gasteiger partial charge is 0.0900 e. The Morgan fingerprint density at radius 1 is 1.53 bits per heavy atom. The summed E-state index contributed by atoms with van der Waals surface area (Å²) in [4.78, 5) is 5.69. The van der Waals surface area contributed by atoms with Gasteiger partial charge in [-0.3, -0.25) is 0 Å². The van der Waals surface area contributed by atoms with Gasteiger partial charge in [-0.2, -0.15) is 0 Å². The van der Waals surface area contributed by atoms with Crippen LogP contribution in [0.15, 0.2) is 0 Å². The van der Waals surface area contributed by atoms with Gasteiger partial charge in [-0.15, -0.1) is 11.3 Å². The number of hydrogen-bond acceptors (Lipinski definition) is 4. The van der Waals surface area contributed by atoms with E-state index in [0.29, 0.717) is 6.10 Å². The molecule has 17 heavy (non-hydrogen) atoms. The lowest BCUT2D eigenvalue weighted by molar-refractivity contribution is 0.101. The summed E-state index contributed by atoms with van der Waals surface area (Å²) in [7, 11) is 0. The molecule has 1 aromatic heterocycles. The van der Waals surface area contributed by atoms with E-state index in [9.17, 15) is 0 Å². The Labute approximate surface area is 107 Å². The second-order valence-corrected chi connectivity index (χ2v) is 6.09. The highest BCUT2D eigenvalue weighted by molar-refractivity contribution is 7.11. The van der Waals surface area contributed by atoms with Crippen molar-refractivity contribution in [3.8, 4) is 0 Å². The number of aryl methyl sites for hydroxylation is 2. The van der Waals surface area contributed by atoms with Gasteiger partial charge >= 0.3 is 0 Å². The zero-order chi connectivity index (χ0) is 12.3. The molecule has 4 heteroatoms. The first-order chi connectivity index (χ1) is 8.16. The predicted octanol–water partition coefficient (Wildman–Crippen LogP) is 3.11. The SMILES string of the molecule is Cc1nc(C)c(C(N)CCCC2CCCO2)s1. The van der Waals surface area contributed by atoms with Crippen LogP contribution in [0.4, 0.5) is 0 Å². The highest BCUT2D eigenvalue weighted by Crippen LogP contribution is 2.27. The van der Waals surface area contributed by atoms with Crippen molar-refractivity contribution in [2.75, 3.05) is 6.61 Å². The molecule has 3 nitrogen and oxygen atoms in total. The molecule has 96 valence electrons. The zero-order valence-electron chi connectivity index (χ0n) is 10.7. The number of nitrogens with two attached hydrogens (primary N) is 1. The Kier molecular flexibility index (Phi) is 4.54. The van der Waals surface area contributed by atoms with Gasteiger partial charge in [0.05, 0.1) is 16.8 Å². The average Bonchev–Trinajstić information content (AvgIpc) is 2.88. The Morgan fingerprint density at radius 3 is 2.94 bits per heavy atom. The topological polar surface area (TPSA) is 48.1 Å². The summed E-state index contributed by atoms with van der Waals surface area (Å²) < 4.78 is 5.62. The van der Waals surface area contributed by atoms with Gasteiger partial charge in [0.1, 0.15) is 0 Å². The number of aromatic nitrogens is 1. The van der Waals surface area contributed by atoms with E-state index in [2.05, 4.69) is 11.9 Å². The van der Waals surface area contributed by atoms with E-state index in [4.69, 9.17) is 10.5 Å². The zero-order valence-corrected chi connectivity index (χ0v) is 11.6. The van der Waals surface area contributed by atoms with E-state index in [1.54, 1.807) is 11.3 Å². The maximum absolute atomic E-state index is 6.22. The van der Waals surface area contributed by atoms with Crippen molar-refractivity contribution in [3.63, 3.8) is 0 Å². The van der Waals surface area contributed by atoms with Gasteiger partial charge in [0, 0.05) is 17.5 Å². The maximum Gasteiger partial charge on any atom is 0.0900 e. The molecule has 1 aliphatic rings. The molecule has 1 fully saturated rings. The van der Waals surface area contributed by atoms with Crippen LogP contribution in [0.1, 0.15) is 53.7 Å². The molecule has 0 radical (unpaired) electrons. The van der Waals surface area contributed by atoms with Crippen LogP contribution in [0.25, 0.3) is 0 Å². The number of nitrogens with zero attached hydrogens (tertiary/aromatic N) is 1. The van der Waals surface area contributed by atoms with E-state index >= 15 is 0 Å². The van der Waals surface area contributed by atoms with Gasteiger partial charge in [-0.05, 0) is 46.0 Å². The third-order valence-corrected chi connectivity index (χ3v) is 4.55. The standard InChI is InChI=1S/C13H22N2OS/c1-9-13(17-10(2)15-9)12(14)7-3-5-11-6-4-8-16-11/h11-12H,3-8,14H2,1-2H3. The van der Waals surface area contributed by atoms with Crippen LogP contribution in [-0.4, -0.2) is 17.7 Å². The molecule has 2 unspecified atom stereocenters. The van der Waals surface area contributed by atoms with Crippen LogP contribution < -0.4 is 5.73 Å². The molecule has 0 bridgehead atoms.